The molecule has 158 valence electrons. The van der Waals surface area contributed by atoms with Gasteiger partial charge in [-0.25, -0.2) is 0 Å². The molecule has 0 fully saturated rings. The van der Waals surface area contributed by atoms with E-state index >= 15 is 0 Å². The Hall–Kier alpha value is -3.55. The van der Waals surface area contributed by atoms with Gasteiger partial charge in [-0.05, 0) is 61.7 Å². The number of carbonyl (C=O) groups excluding carboxylic acids is 3. The van der Waals surface area contributed by atoms with Crippen molar-refractivity contribution in [2.75, 3.05) is 13.3 Å². The highest BCUT2D eigenvalue weighted by Gasteiger charge is 2.19. The van der Waals surface area contributed by atoms with E-state index in [1.54, 1.807) is 24.3 Å². The first-order valence-electron chi connectivity index (χ1n) is 9.54. The van der Waals surface area contributed by atoms with Crippen molar-refractivity contribution in [3.63, 3.8) is 0 Å². The second kappa shape index (κ2) is 9.30. The molecule has 0 bridgehead atoms. The average Bonchev–Trinajstić information content (AvgIpc) is 3.20. The summed E-state index contributed by atoms with van der Waals surface area (Å²) in [6.07, 6.45) is -0.995. The molecule has 0 saturated heterocycles. The van der Waals surface area contributed by atoms with E-state index in [0.29, 0.717) is 17.1 Å². The highest BCUT2D eigenvalue weighted by atomic mass is 16.7. The zero-order valence-electron chi connectivity index (χ0n) is 17.1. The van der Waals surface area contributed by atoms with Gasteiger partial charge in [-0.3, -0.25) is 14.4 Å². The molecule has 2 N–H and O–H groups in total. The fourth-order valence-electron chi connectivity index (χ4n) is 2.81. The molecule has 0 aliphatic carbocycles. The molecule has 1 aliphatic rings. The van der Waals surface area contributed by atoms with Crippen LogP contribution in [0.3, 0.4) is 0 Å². The Bertz CT molecular complexity index is 972. The molecule has 30 heavy (non-hydrogen) atoms. The molecule has 1 aliphatic heterocycles. The highest BCUT2D eigenvalue weighted by Crippen LogP contribution is 2.32. The molecule has 2 aromatic rings. The number of nitrogens with one attached hydrogen (secondary N) is 2. The lowest BCUT2D eigenvalue weighted by molar-refractivity contribution is -0.153. The minimum Gasteiger partial charge on any atom is -0.454 e. The van der Waals surface area contributed by atoms with Crippen molar-refractivity contribution in [1.29, 1.82) is 0 Å². The quantitative estimate of drug-likeness (QED) is 0.675. The van der Waals surface area contributed by atoms with E-state index in [9.17, 15) is 14.4 Å². The van der Waals surface area contributed by atoms with E-state index in [0.717, 1.165) is 16.7 Å². The van der Waals surface area contributed by atoms with Gasteiger partial charge in [-0.2, -0.15) is 0 Å². The van der Waals surface area contributed by atoms with Gasteiger partial charge >= 0.3 is 5.97 Å². The Morgan fingerprint density at radius 3 is 2.53 bits per heavy atom. The van der Waals surface area contributed by atoms with Crippen LogP contribution in [0.1, 0.15) is 34.0 Å². The minimum atomic E-state index is -0.995. The van der Waals surface area contributed by atoms with Crippen LogP contribution in [-0.2, 0) is 20.9 Å². The topological polar surface area (TPSA) is 103 Å². The lowest BCUT2D eigenvalue weighted by Gasteiger charge is -2.14. The van der Waals surface area contributed by atoms with Crippen LogP contribution in [-0.4, -0.2) is 37.2 Å². The first-order valence-corrected chi connectivity index (χ1v) is 9.54. The number of ether oxygens (including phenoxy) is 3. The van der Waals surface area contributed by atoms with Crippen LogP contribution in [0.2, 0.25) is 0 Å². The Morgan fingerprint density at radius 1 is 1.00 bits per heavy atom. The third kappa shape index (κ3) is 5.28. The normalized spacial score (nSPS) is 12.8. The van der Waals surface area contributed by atoms with E-state index in [4.69, 9.17) is 14.2 Å². The van der Waals surface area contributed by atoms with Crippen LogP contribution >= 0.6 is 0 Å². The number of benzene rings is 2. The molecule has 1 unspecified atom stereocenters. The SMILES string of the molecule is Cc1ccc(C(=O)NCC(=O)OC(C)C(=O)NCc2ccc3c(c2)OCO3)cc1C. The summed E-state index contributed by atoms with van der Waals surface area (Å²) in [5, 5.41) is 5.20. The van der Waals surface area contributed by atoms with Gasteiger partial charge in [-0.15, -0.1) is 0 Å². The summed E-state index contributed by atoms with van der Waals surface area (Å²) in [6.45, 7) is 5.43. The predicted octanol–water partition coefficient (Wildman–Crippen LogP) is 2.01. The summed E-state index contributed by atoms with van der Waals surface area (Å²) in [6, 6.07) is 10.6. The van der Waals surface area contributed by atoms with Crippen LogP contribution in [0.4, 0.5) is 0 Å². The van der Waals surface area contributed by atoms with Gasteiger partial charge < -0.3 is 24.8 Å². The monoisotopic (exact) mass is 412 g/mol. The molecule has 1 heterocycles. The van der Waals surface area contributed by atoms with Gasteiger partial charge in [0.2, 0.25) is 6.79 Å². The fourth-order valence-corrected chi connectivity index (χ4v) is 2.81. The van der Waals surface area contributed by atoms with E-state index in [2.05, 4.69) is 10.6 Å². The van der Waals surface area contributed by atoms with E-state index in [1.165, 1.54) is 6.92 Å². The standard InChI is InChI=1S/C22H24N2O6/c1-13-4-6-17(8-14(13)2)22(27)24-11-20(25)30-15(3)21(26)23-10-16-5-7-18-19(9-16)29-12-28-18/h4-9,15H,10-12H2,1-3H3,(H,23,26)(H,24,27). The Balaban J connectivity index is 1.42. The molecule has 1 atom stereocenters. The second-order valence-electron chi connectivity index (χ2n) is 7.02. The molecular weight excluding hydrogens is 388 g/mol. The largest absolute Gasteiger partial charge is 0.454 e. The van der Waals surface area contributed by atoms with E-state index in [-0.39, 0.29) is 25.8 Å². The third-order valence-corrected chi connectivity index (χ3v) is 4.74. The molecule has 8 heteroatoms. The summed E-state index contributed by atoms with van der Waals surface area (Å²) in [4.78, 5) is 36.3. The summed E-state index contributed by atoms with van der Waals surface area (Å²) >= 11 is 0. The summed E-state index contributed by atoms with van der Waals surface area (Å²) in [5.74, 6) is -0.231. The van der Waals surface area contributed by atoms with Crippen LogP contribution in [0.5, 0.6) is 11.5 Å². The van der Waals surface area contributed by atoms with E-state index < -0.39 is 18.0 Å². The van der Waals surface area contributed by atoms with Crippen molar-refractivity contribution in [2.24, 2.45) is 0 Å². The zero-order chi connectivity index (χ0) is 21.7. The Labute approximate surface area is 174 Å². The molecule has 0 aromatic heterocycles. The van der Waals surface area contributed by atoms with Crippen LogP contribution in [0.25, 0.3) is 0 Å². The maximum absolute atomic E-state index is 12.2. The first-order chi connectivity index (χ1) is 14.3. The Morgan fingerprint density at radius 2 is 1.77 bits per heavy atom. The Kier molecular flexibility index (Phi) is 6.56. The number of esters is 1. The number of rotatable bonds is 7. The van der Waals surface area contributed by atoms with Gasteiger partial charge in [0.1, 0.15) is 6.54 Å². The van der Waals surface area contributed by atoms with Crippen molar-refractivity contribution in [3.8, 4) is 11.5 Å². The average molecular weight is 412 g/mol. The number of hydrogen-bond acceptors (Lipinski definition) is 6. The van der Waals surface area contributed by atoms with Crippen molar-refractivity contribution < 1.29 is 28.6 Å². The second-order valence-corrected chi connectivity index (χ2v) is 7.02. The smallest absolute Gasteiger partial charge is 0.326 e. The lowest BCUT2D eigenvalue weighted by Crippen LogP contribution is -2.38. The number of amides is 2. The van der Waals surface area contributed by atoms with Crippen LogP contribution in [0.15, 0.2) is 36.4 Å². The van der Waals surface area contributed by atoms with Gasteiger partial charge in [0.25, 0.3) is 11.8 Å². The molecular formula is C22H24N2O6. The number of fused-ring (bicyclic) bond motifs is 1. The molecule has 0 saturated carbocycles. The number of aryl methyl sites for hydroxylation is 2. The number of carbonyl (C=O) groups is 3. The van der Waals surface area contributed by atoms with Crippen molar-refractivity contribution in [3.05, 3.63) is 58.7 Å². The van der Waals surface area contributed by atoms with Gasteiger partial charge in [0.15, 0.2) is 17.6 Å². The first kappa shape index (κ1) is 21.2. The molecule has 0 radical (unpaired) electrons. The molecule has 2 aromatic carbocycles. The van der Waals surface area contributed by atoms with E-state index in [1.807, 2.05) is 26.0 Å². The summed E-state index contributed by atoms with van der Waals surface area (Å²) in [5.41, 5.74) is 3.34. The fraction of sp³-hybridized carbons (Fsp3) is 0.318. The van der Waals surface area contributed by atoms with Crippen molar-refractivity contribution >= 4 is 17.8 Å². The van der Waals surface area contributed by atoms with Gasteiger partial charge in [0, 0.05) is 12.1 Å². The number of hydrogen-bond donors (Lipinski definition) is 2. The van der Waals surface area contributed by atoms with Crippen LogP contribution < -0.4 is 20.1 Å². The zero-order valence-corrected chi connectivity index (χ0v) is 17.1. The highest BCUT2D eigenvalue weighted by molar-refractivity contribution is 5.96. The molecule has 0 spiro atoms. The van der Waals surface area contributed by atoms with Crippen molar-refractivity contribution in [2.45, 2.75) is 33.4 Å². The van der Waals surface area contributed by atoms with Crippen molar-refractivity contribution in [1.82, 2.24) is 10.6 Å². The summed E-state index contributed by atoms with van der Waals surface area (Å²) in [7, 11) is 0. The molecule has 3 rings (SSSR count). The van der Waals surface area contributed by atoms with Gasteiger partial charge in [-0.1, -0.05) is 12.1 Å². The minimum absolute atomic E-state index is 0.179. The maximum atomic E-state index is 12.2. The molecule has 2 amide bonds. The lowest BCUT2D eigenvalue weighted by atomic mass is 10.1. The van der Waals surface area contributed by atoms with Gasteiger partial charge in [0.05, 0.1) is 0 Å². The maximum Gasteiger partial charge on any atom is 0.326 e. The third-order valence-electron chi connectivity index (χ3n) is 4.74. The van der Waals surface area contributed by atoms with Crippen LogP contribution in [0, 0.1) is 13.8 Å². The summed E-state index contributed by atoms with van der Waals surface area (Å²) < 4.78 is 15.6. The predicted molar refractivity (Wildman–Crippen MR) is 108 cm³/mol. The molecule has 8 nitrogen and oxygen atoms in total.